The number of pyridine rings is 1. The predicted molar refractivity (Wildman–Crippen MR) is 128 cm³/mol. The molecule has 6 nitrogen and oxygen atoms in total. The first-order chi connectivity index (χ1) is 17.2. The normalized spacial score (nSPS) is 12.9. The highest BCUT2D eigenvalue weighted by atomic mass is 32.2. The first kappa shape index (κ1) is 28.2. The van der Waals surface area contributed by atoms with E-state index in [4.69, 9.17) is 0 Å². The molecule has 0 aliphatic heterocycles. The number of rotatable bonds is 8. The van der Waals surface area contributed by atoms with E-state index < -0.39 is 45.4 Å². The Morgan fingerprint density at radius 2 is 1.65 bits per heavy atom. The lowest BCUT2D eigenvalue weighted by molar-refractivity contribution is -0.141. The summed E-state index contributed by atoms with van der Waals surface area (Å²) in [4.78, 5) is 16.4. The number of benzene rings is 2. The number of carbonyl (C=O) groups is 1. The van der Waals surface area contributed by atoms with Crippen LogP contribution in [0, 0.1) is 18.6 Å². The van der Waals surface area contributed by atoms with Gasteiger partial charge in [0.15, 0.2) is 0 Å². The molecule has 0 spiro atoms. The fraction of sp³-hybridized carbons (Fsp3) is 0.280. The molecule has 37 heavy (non-hydrogen) atoms. The van der Waals surface area contributed by atoms with E-state index in [1.807, 2.05) is 0 Å². The molecule has 1 heterocycles. The molecule has 12 heteroatoms. The molecular formula is C25H24F5N3O3S. The van der Waals surface area contributed by atoms with Gasteiger partial charge in [-0.25, -0.2) is 26.9 Å². The zero-order valence-electron chi connectivity index (χ0n) is 20.1. The minimum absolute atomic E-state index is 0.0904. The molecule has 0 fully saturated rings. The Kier molecular flexibility index (Phi) is 8.33. The largest absolute Gasteiger partial charge is 0.433 e. The average molecular weight is 542 g/mol. The second-order valence-electron chi connectivity index (χ2n) is 8.55. The molecule has 0 radical (unpaired) electrons. The van der Waals surface area contributed by atoms with Crippen LogP contribution in [0.15, 0.2) is 48.5 Å². The number of alkyl halides is 3. The molecule has 0 saturated heterocycles. The summed E-state index contributed by atoms with van der Waals surface area (Å²) in [5, 5.41) is 2.60. The third-order valence-corrected chi connectivity index (χ3v) is 6.33. The molecule has 0 saturated carbocycles. The average Bonchev–Trinajstić information content (AvgIpc) is 2.81. The molecule has 198 valence electrons. The summed E-state index contributed by atoms with van der Waals surface area (Å²) in [6.07, 6.45) is -3.78. The van der Waals surface area contributed by atoms with Crippen molar-refractivity contribution < 1.29 is 35.2 Å². The minimum atomic E-state index is -4.72. The van der Waals surface area contributed by atoms with Gasteiger partial charge in [0.05, 0.1) is 17.9 Å². The topological polar surface area (TPSA) is 88.2 Å². The number of halogens is 5. The molecule has 3 rings (SSSR count). The summed E-state index contributed by atoms with van der Waals surface area (Å²) in [5.74, 6) is -2.70. The lowest BCUT2D eigenvalue weighted by Crippen LogP contribution is -2.28. The Labute approximate surface area is 211 Å². The summed E-state index contributed by atoms with van der Waals surface area (Å²) < 4.78 is 93.0. The van der Waals surface area contributed by atoms with Crippen molar-refractivity contribution in [2.45, 2.75) is 39.0 Å². The van der Waals surface area contributed by atoms with Crippen LogP contribution in [0.5, 0.6) is 0 Å². The third-order valence-electron chi connectivity index (χ3n) is 5.66. The van der Waals surface area contributed by atoms with Gasteiger partial charge in [-0.2, -0.15) is 13.2 Å². The fourth-order valence-corrected chi connectivity index (χ4v) is 3.87. The molecule has 1 aromatic heterocycles. The van der Waals surface area contributed by atoms with Crippen LogP contribution in [0.25, 0.3) is 11.3 Å². The maximum absolute atomic E-state index is 14.4. The molecule has 0 aliphatic carbocycles. The lowest BCUT2D eigenvalue weighted by Gasteiger charge is -2.16. The number of hydrogen-bond donors (Lipinski definition) is 2. The van der Waals surface area contributed by atoms with Crippen LogP contribution in [0.4, 0.5) is 22.0 Å². The molecule has 0 aliphatic rings. The summed E-state index contributed by atoms with van der Waals surface area (Å²) in [5.41, 5.74) is -0.234. The van der Waals surface area contributed by atoms with E-state index in [0.717, 1.165) is 30.5 Å². The maximum Gasteiger partial charge on any atom is 0.433 e. The number of hydrogen-bond acceptors (Lipinski definition) is 4. The van der Waals surface area contributed by atoms with Crippen molar-refractivity contribution in [2.24, 2.45) is 0 Å². The van der Waals surface area contributed by atoms with Crippen LogP contribution in [-0.4, -0.2) is 25.6 Å². The standard InChI is InChI=1S/C25H24F5N3O3S/c1-14-4-5-17(11-20(14)26)23-19(8-9-22(33-23)25(28,29)30)12-31-24(34)15(2)16-6-7-18(21(27)10-16)13-32-37(3,35)36/h4-11,15,32H,12-13H2,1-3H3,(H,31,34)/t15-/m1/s1. The number of carbonyl (C=O) groups excluding carboxylic acids is 1. The first-order valence-electron chi connectivity index (χ1n) is 11.0. The molecule has 2 N–H and O–H groups in total. The minimum Gasteiger partial charge on any atom is -0.351 e. The first-order valence-corrected chi connectivity index (χ1v) is 12.9. The van der Waals surface area contributed by atoms with E-state index in [1.54, 1.807) is 0 Å². The van der Waals surface area contributed by atoms with Gasteiger partial charge in [-0.1, -0.05) is 30.3 Å². The maximum atomic E-state index is 14.4. The molecule has 2 aromatic carbocycles. The quantitative estimate of drug-likeness (QED) is 0.400. The van der Waals surface area contributed by atoms with Gasteiger partial charge in [0, 0.05) is 24.2 Å². The SMILES string of the molecule is Cc1ccc(-c2nc(C(F)(F)F)ccc2CNC(=O)[C@H](C)c2ccc(CNS(C)(=O)=O)c(F)c2)cc1F. The number of nitrogens with zero attached hydrogens (tertiary/aromatic N) is 1. The van der Waals surface area contributed by atoms with Gasteiger partial charge in [-0.3, -0.25) is 4.79 Å². The predicted octanol–water partition coefficient (Wildman–Crippen LogP) is 4.82. The Balaban J connectivity index is 1.81. The lowest BCUT2D eigenvalue weighted by atomic mass is 9.98. The molecule has 1 amide bonds. The zero-order chi connectivity index (χ0) is 27.5. The zero-order valence-corrected chi connectivity index (χ0v) is 20.9. The van der Waals surface area contributed by atoms with E-state index >= 15 is 0 Å². The van der Waals surface area contributed by atoms with Crippen LogP contribution in [0.3, 0.4) is 0 Å². The van der Waals surface area contributed by atoms with Gasteiger partial charge < -0.3 is 5.32 Å². The van der Waals surface area contributed by atoms with E-state index in [2.05, 4.69) is 15.0 Å². The fourth-order valence-electron chi connectivity index (χ4n) is 3.45. The highest BCUT2D eigenvalue weighted by Gasteiger charge is 2.33. The van der Waals surface area contributed by atoms with Crippen molar-refractivity contribution in [3.05, 3.63) is 88.1 Å². The monoisotopic (exact) mass is 541 g/mol. The van der Waals surface area contributed by atoms with Gasteiger partial charge in [-0.15, -0.1) is 0 Å². The molecule has 0 bridgehead atoms. The summed E-state index contributed by atoms with van der Waals surface area (Å²) in [7, 11) is -3.52. The molecule has 0 unspecified atom stereocenters. The highest BCUT2D eigenvalue weighted by molar-refractivity contribution is 7.88. The second kappa shape index (κ2) is 10.9. The smallest absolute Gasteiger partial charge is 0.351 e. The van der Waals surface area contributed by atoms with Crippen molar-refractivity contribution in [1.29, 1.82) is 0 Å². The van der Waals surface area contributed by atoms with Crippen LogP contribution >= 0.6 is 0 Å². The van der Waals surface area contributed by atoms with Gasteiger partial charge in [0.2, 0.25) is 15.9 Å². The number of aryl methyl sites for hydroxylation is 1. The highest BCUT2D eigenvalue weighted by Crippen LogP contribution is 2.32. The summed E-state index contributed by atoms with van der Waals surface area (Å²) in [6.45, 7) is 2.56. The number of nitrogens with one attached hydrogen (secondary N) is 2. The third kappa shape index (κ3) is 7.32. The van der Waals surface area contributed by atoms with Crippen LogP contribution < -0.4 is 10.0 Å². The van der Waals surface area contributed by atoms with Gasteiger partial charge >= 0.3 is 6.18 Å². The van der Waals surface area contributed by atoms with Gasteiger partial charge in [-0.05, 0) is 48.7 Å². The van der Waals surface area contributed by atoms with Crippen molar-refractivity contribution in [1.82, 2.24) is 15.0 Å². The van der Waals surface area contributed by atoms with E-state index in [-0.39, 0.29) is 35.5 Å². The van der Waals surface area contributed by atoms with E-state index in [1.165, 1.54) is 38.1 Å². The molecule has 1 atom stereocenters. The number of sulfonamides is 1. The Hall–Kier alpha value is -3.38. The van der Waals surface area contributed by atoms with Crippen molar-refractivity contribution >= 4 is 15.9 Å². The number of amides is 1. The molecule has 3 aromatic rings. The Morgan fingerprint density at radius 3 is 2.24 bits per heavy atom. The van der Waals surface area contributed by atoms with Crippen molar-refractivity contribution in [3.8, 4) is 11.3 Å². The van der Waals surface area contributed by atoms with Crippen LogP contribution in [0.1, 0.15) is 40.8 Å². The van der Waals surface area contributed by atoms with E-state index in [0.29, 0.717) is 11.1 Å². The Bertz CT molecular complexity index is 1430. The van der Waals surface area contributed by atoms with Gasteiger partial charge in [0.25, 0.3) is 0 Å². The Morgan fingerprint density at radius 1 is 0.973 bits per heavy atom. The van der Waals surface area contributed by atoms with E-state index in [9.17, 15) is 35.2 Å². The van der Waals surface area contributed by atoms with Gasteiger partial charge in [0.1, 0.15) is 17.3 Å². The number of aromatic nitrogens is 1. The van der Waals surface area contributed by atoms with Crippen LogP contribution in [0.2, 0.25) is 0 Å². The second-order valence-corrected chi connectivity index (χ2v) is 10.4. The summed E-state index contributed by atoms with van der Waals surface area (Å²) >= 11 is 0. The summed E-state index contributed by atoms with van der Waals surface area (Å²) in [6, 6.07) is 9.83. The van der Waals surface area contributed by atoms with Crippen molar-refractivity contribution in [2.75, 3.05) is 6.26 Å². The van der Waals surface area contributed by atoms with Crippen molar-refractivity contribution in [3.63, 3.8) is 0 Å². The molecular weight excluding hydrogens is 517 g/mol. The van der Waals surface area contributed by atoms with Crippen LogP contribution in [-0.2, 0) is 34.1 Å².